The number of para-hydroxylation sites is 2. The lowest BCUT2D eigenvalue weighted by Gasteiger charge is -2.18. The second kappa shape index (κ2) is 10.4. The summed E-state index contributed by atoms with van der Waals surface area (Å²) in [5, 5.41) is 2.91. The number of carbonyl (C=O) groups is 1. The highest BCUT2D eigenvalue weighted by molar-refractivity contribution is 5.93. The summed E-state index contributed by atoms with van der Waals surface area (Å²) in [5.74, 6) is 1.99. The first-order valence-corrected chi connectivity index (χ1v) is 9.07. The third-order valence-electron chi connectivity index (χ3n) is 3.85. The average Bonchev–Trinajstić information content (AvgIpc) is 2.64. The van der Waals surface area contributed by atoms with E-state index in [0.29, 0.717) is 36.9 Å². The molecule has 0 bridgehead atoms. The minimum Gasteiger partial charge on any atom is -0.493 e. The van der Waals surface area contributed by atoms with E-state index in [4.69, 9.17) is 14.2 Å². The molecule has 2 aromatic carbocycles. The molecular formula is C21H28N2O4. The monoisotopic (exact) mass is 372 g/mol. The number of methoxy groups -OCH3 is 1. The molecule has 0 radical (unpaired) electrons. The van der Waals surface area contributed by atoms with Crippen molar-refractivity contribution in [3.05, 3.63) is 48.0 Å². The van der Waals surface area contributed by atoms with Gasteiger partial charge in [0.1, 0.15) is 5.75 Å². The molecule has 0 heterocycles. The molecule has 1 N–H and O–H groups in total. The maximum atomic E-state index is 12.4. The zero-order valence-corrected chi connectivity index (χ0v) is 16.5. The highest BCUT2D eigenvalue weighted by Gasteiger charge is 2.12. The smallest absolute Gasteiger partial charge is 0.238 e. The van der Waals surface area contributed by atoms with Crippen molar-refractivity contribution in [2.75, 3.05) is 39.2 Å². The van der Waals surface area contributed by atoms with Crippen LogP contribution in [-0.2, 0) is 11.3 Å². The molecule has 0 saturated carbocycles. The van der Waals surface area contributed by atoms with E-state index in [-0.39, 0.29) is 12.5 Å². The van der Waals surface area contributed by atoms with Crippen molar-refractivity contribution < 1.29 is 19.0 Å². The SMILES string of the molecule is CCOc1ccccc1NC(=O)CN(C)Cc1ccc(OCC)c(OC)c1. The Labute approximate surface area is 161 Å². The molecule has 0 aliphatic rings. The van der Waals surface area contributed by atoms with Crippen LogP contribution in [0.3, 0.4) is 0 Å². The molecule has 146 valence electrons. The number of hydrogen-bond donors (Lipinski definition) is 1. The Morgan fingerprint density at radius 2 is 1.70 bits per heavy atom. The summed E-state index contributed by atoms with van der Waals surface area (Å²) in [5.41, 5.74) is 1.72. The largest absolute Gasteiger partial charge is 0.493 e. The average molecular weight is 372 g/mol. The van der Waals surface area contributed by atoms with Gasteiger partial charge in [0.15, 0.2) is 11.5 Å². The Balaban J connectivity index is 1.95. The Bertz CT molecular complexity index is 749. The first-order valence-electron chi connectivity index (χ1n) is 9.07. The Kier molecular flexibility index (Phi) is 7.95. The lowest BCUT2D eigenvalue weighted by Crippen LogP contribution is -2.30. The van der Waals surface area contributed by atoms with Gasteiger partial charge in [0, 0.05) is 6.54 Å². The zero-order valence-electron chi connectivity index (χ0n) is 16.5. The molecule has 0 fully saturated rings. The standard InChI is InChI=1S/C21H28N2O4/c1-5-26-18-10-8-7-9-17(18)22-21(24)15-23(3)14-16-11-12-19(27-6-2)20(13-16)25-4/h7-13H,5-6,14-15H2,1-4H3,(H,22,24). The number of nitrogens with zero attached hydrogens (tertiary/aromatic N) is 1. The van der Waals surface area contributed by atoms with Crippen molar-refractivity contribution in [3.8, 4) is 17.2 Å². The predicted molar refractivity (Wildman–Crippen MR) is 107 cm³/mol. The van der Waals surface area contributed by atoms with Gasteiger partial charge in [-0.15, -0.1) is 0 Å². The molecule has 0 saturated heterocycles. The van der Waals surface area contributed by atoms with Crippen LogP contribution in [-0.4, -0.2) is 44.7 Å². The lowest BCUT2D eigenvalue weighted by molar-refractivity contribution is -0.117. The maximum absolute atomic E-state index is 12.4. The van der Waals surface area contributed by atoms with Crippen LogP contribution in [0.5, 0.6) is 17.2 Å². The molecule has 0 unspecified atom stereocenters. The van der Waals surface area contributed by atoms with Gasteiger partial charge in [-0.1, -0.05) is 18.2 Å². The summed E-state index contributed by atoms with van der Waals surface area (Å²) in [6, 6.07) is 13.2. The first kappa shape index (κ1) is 20.6. The Hall–Kier alpha value is -2.73. The molecule has 6 heteroatoms. The summed E-state index contributed by atoms with van der Waals surface area (Å²) in [4.78, 5) is 14.3. The lowest BCUT2D eigenvalue weighted by atomic mass is 10.2. The van der Waals surface area contributed by atoms with Crippen molar-refractivity contribution in [2.45, 2.75) is 20.4 Å². The van der Waals surface area contributed by atoms with Crippen molar-refractivity contribution >= 4 is 11.6 Å². The van der Waals surface area contributed by atoms with Gasteiger partial charge in [0.25, 0.3) is 0 Å². The number of nitrogens with one attached hydrogen (secondary N) is 1. The number of likely N-dealkylation sites (N-methyl/N-ethyl adjacent to an activating group) is 1. The first-order chi connectivity index (χ1) is 13.1. The highest BCUT2D eigenvalue weighted by atomic mass is 16.5. The van der Waals surface area contributed by atoms with Crippen LogP contribution in [0.2, 0.25) is 0 Å². The molecule has 0 aliphatic heterocycles. The second-order valence-electron chi connectivity index (χ2n) is 6.07. The van der Waals surface area contributed by atoms with Crippen LogP contribution in [0.25, 0.3) is 0 Å². The fraction of sp³-hybridized carbons (Fsp3) is 0.381. The number of amides is 1. The van der Waals surface area contributed by atoms with Crippen LogP contribution >= 0.6 is 0 Å². The number of benzene rings is 2. The fourth-order valence-electron chi connectivity index (χ4n) is 2.74. The van der Waals surface area contributed by atoms with Gasteiger partial charge >= 0.3 is 0 Å². The molecular weight excluding hydrogens is 344 g/mol. The van der Waals surface area contributed by atoms with Crippen molar-refractivity contribution in [1.29, 1.82) is 0 Å². The van der Waals surface area contributed by atoms with Crippen LogP contribution in [0.1, 0.15) is 19.4 Å². The number of ether oxygens (including phenoxy) is 3. The zero-order chi connectivity index (χ0) is 19.6. The normalized spacial score (nSPS) is 10.6. The van der Waals surface area contributed by atoms with E-state index < -0.39 is 0 Å². The highest BCUT2D eigenvalue weighted by Crippen LogP contribution is 2.28. The van der Waals surface area contributed by atoms with Crippen LogP contribution < -0.4 is 19.5 Å². The van der Waals surface area contributed by atoms with E-state index >= 15 is 0 Å². The van der Waals surface area contributed by atoms with Crippen molar-refractivity contribution in [2.24, 2.45) is 0 Å². The van der Waals surface area contributed by atoms with Crippen molar-refractivity contribution in [1.82, 2.24) is 4.90 Å². The summed E-state index contributed by atoms with van der Waals surface area (Å²) in [6.07, 6.45) is 0. The second-order valence-corrected chi connectivity index (χ2v) is 6.07. The van der Waals surface area contributed by atoms with Gasteiger partial charge in [-0.25, -0.2) is 0 Å². The fourth-order valence-corrected chi connectivity index (χ4v) is 2.74. The number of anilines is 1. The molecule has 2 rings (SSSR count). The third-order valence-corrected chi connectivity index (χ3v) is 3.85. The van der Waals surface area contributed by atoms with E-state index in [1.807, 2.05) is 68.3 Å². The number of rotatable bonds is 10. The van der Waals surface area contributed by atoms with E-state index in [0.717, 1.165) is 11.3 Å². The van der Waals surface area contributed by atoms with Crippen LogP contribution in [0, 0.1) is 0 Å². The van der Waals surface area contributed by atoms with Gasteiger partial charge in [-0.2, -0.15) is 0 Å². The number of hydrogen-bond acceptors (Lipinski definition) is 5. The number of carbonyl (C=O) groups excluding carboxylic acids is 1. The molecule has 1 amide bonds. The molecule has 0 aromatic heterocycles. The summed E-state index contributed by atoms with van der Waals surface area (Å²) >= 11 is 0. The van der Waals surface area contributed by atoms with E-state index in [2.05, 4.69) is 5.32 Å². The van der Waals surface area contributed by atoms with E-state index in [1.165, 1.54) is 0 Å². The van der Waals surface area contributed by atoms with Gasteiger partial charge < -0.3 is 19.5 Å². The summed E-state index contributed by atoms with van der Waals surface area (Å²) in [7, 11) is 3.52. The molecule has 0 atom stereocenters. The Morgan fingerprint density at radius 3 is 2.41 bits per heavy atom. The predicted octanol–water partition coefficient (Wildman–Crippen LogP) is 3.56. The van der Waals surface area contributed by atoms with Gasteiger partial charge in [0.2, 0.25) is 5.91 Å². The van der Waals surface area contributed by atoms with E-state index in [1.54, 1.807) is 7.11 Å². The van der Waals surface area contributed by atoms with Crippen LogP contribution in [0.4, 0.5) is 5.69 Å². The Morgan fingerprint density at radius 1 is 1.00 bits per heavy atom. The maximum Gasteiger partial charge on any atom is 0.238 e. The molecule has 6 nitrogen and oxygen atoms in total. The summed E-state index contributed by atoms with van der Waals surface area (Å²) < 4.78 is 16.5. The van der Waals surface area contributed by atoms with Gasteiger partial charge in [0.05, 0.1) is 32.6 Å². The quantitative estimate of drug-likeness (QED) is 0.691. The molecule has 0 spiro atoms. The molecule has 0 aliphatic carbocycles. The summed E-state index contributed by atoms with van der Waals surface area (Å²) in [6.45, 7) is 5.85. The third kappa shape index (κ3) is 6.18. The van der Waals surface area contributed by atoms with Gasteiger partial charge in [-0.05, 0) is 50.7 Å². The van der Waals surface area contributed by atoms with Crippen LogP contribution in [0.15, 0.2) is 42.5 Å². The van der Waals surface area contributed by atoms with E-state index in [9.17, 15) is 4.79 Å². The van der Waals surface area contributed by atoms with Gasteiger partial charge in [-0.3, -0.25) is 9.69 Å². The molecule has 27 heavy (non-hydrogen) atoms. The van der Waals surface area contributed by atoms with Crippen molar-refractivity contribution in [3.63, 3.8) is 0 Å². The minimum absolute atomic E-state index is 0.0949. The topological polar surface area (TPSA) is 60.0 Å². The minimum atomic E-state index is -0.0949. The molecule has 2 aromatic rings.